The molecule has 0 bridgehead atoms. The monoisotopic (exact) mass is 314 g/mol. The first kappa shape index (κ1) is 13.2. The van der Waals surface area contributed by atoms with Crippen molar-refractivity contribution in [3.8, 4) is 5.69 Å². The number of aryl methyl sites for hydroxylation is 1. The molecule has 0 unspecified atom stereocenters. The van der Waals surface area contributed by atoms with Gasteiger partial charge in [-0.1, -0.05) is 41.9 Å². The van der Waals surface area contributed by atoms with Gasteiger partial charge in [0.1, 0.15) is 12.4 Å². The maximum atomic E-state index is 6.23. The van der Waals surface area contributed by atoms with Gasteiger partial charge in [-0.05, 0) is 25.1 Å². The standard InChI is InChI=1S/C17H13ClN4/c1-11-20-21-16-10-19-17(12-5-3-2-4-6-12)14-9-13(18)7-8-15(14)22(11)16/h2-9H,10H2,1H3/i7+1,8+1,9+1,13+1,14+1,15+1. The molecule has 5 heteroatoms. The van der Waals surface area contributed by atoms with Crippen LogP contribution in [0, 0.1) is 6.92 Å². The Morgan fingerprint density at radius 2 is 1.86 bits per heavy atom. The second-order valence-corrected chi connectivity index (χ2v) is 5.63. The molecule has 0 aliphatic carbocycles. The number of halogens is 1. The first-order valence-electron chi connectivity index (χ1n) is 7.05. The summed E-state index contributed by atoms with van der Waals surface area (Å²) in [5.74, 6) is 1.69. The van der Waals surface area contributed by atoms with Gasteiger partial charge in [-0.25, -0.2) is 0 Å². The third-order valence-corrected chi connectivity index (χ3v) is 4.01. The fraction of sp³-hybridized carbons (Fsp3) is 0.118. The molecule has 0 amide bonds. The molecule has 0 atom stereocenters. The maximum absolute atomic E-state index is 6.23. The first-order valence-corrected chi connectivity index (χ1v) is 7.43. The zero-order chi connectivity index (χ0) is 15.1. The van der Waals surface area contributed by atoms with Gasteiger partial charge in [0, 0.05) is 16.1 Å². The number of rotatable bonds is 1. The van der Waals surface area contributed by atoms with Crippen molar-refractivity contribution in [3.63, 3.8) is 0 Å². The van der Waals surface area contributed by atoms with E-state index < -0.39 is 0 Å². The molecule has 1 aromatic heterocycles. The Morgan fingerprint density at radius 1 is 1.05 bits per heavy atom. The van der Waals surface area contributed by atoms with Gasteiger partial charge < -0.3 is 0 Å². The van der Waals surface area contributed by atoms with Gasteiger partial charge in [0.15, 0.2) is 5.82 Å². The molecule has 0 N–H and O–H groups in total. The van der Waals surface area contributed by atoms with Crippen molar-refractivity contribution in [1.29, 1.82) is 0 Å². The molecule has 0 saturated carbocycles. The molecule has 108 valence electrons. The Bertz CT molecular complexity index is 881. The second kappa shape index (κ2) is 5.07. The summed E-state index contributed by atoms with van der Waals surface area (Å²) in [6.07, 6.45) is 0. The third kappa shape index (κ3) is 2.04. The van der Waals surface area contributed by atoms with Crippen LogP contribution >= 0.6 is 11.6 Å². The zero-order valence-corrected chi connectivity index (χ0v) is 12.7. The Morgan fingerprint density at radius 3 is 2.68 bits per heavy atom. The molecule has 0 spiro atoms. The van der Waals surface area contributed by atoms with E-state index in [0.29, 0.717) is 11.6 Å². The van der Waals surface area contributed by atoms with Gasteiger partial charge in [-0.15, -0.1) is 10.2 Å². The minimum atomic E-state index is 0.497. The average Bonchev–Trinajstić information content (AvgIpc) is 2.82. The summed E-state index contributed by atoms with van der Waals surface area (Å²) in [5.41, 5.74) is 4.02. The molecule has 1 aliphatic rings. The smallest absolute Gasteiger partial charge is 0.159 e. The van der Waals surface area contributed by atoms with Gasteiger partial charge >= 0.3 is 0 Å². The second-order valence-electron chi connectivity index (χ2n) is 5.19. The van der Waals surface area contributed by atoms with Gasteiger partial charge in [-0.2, -0.15) is 0 Å². The van der Waals surface area contributed by atoms with E-state index in [0.717, 1.165) is 34.2 Å². The molecule has 1 aliphatic heterocycles. The quantitative estimate of drug-likeness (QED) is 0.689. The topological polar surface area (TPSA) is 43.1 Å². The zero-order valence-electron chi connectivity index (χ0n) is 12.0. The molecule has 0 radical (unpaired) electrons. The van der Waals surface area contributed by atoms with Crippen molar-refractivity contribution < 1.29 is 0 Å². The molecular weight excluding hydrogens is 302 g/mol. The lowest BCUT2D eigenvalue weighted by atomic mass is 10.2. The molecule has 0 fully saturated rings. The van der Waals surface area contributed by atoms with Crippen LogP contribution in [0.5, 0.6) is 0 Å². The van der Waals surface area contributed by atoms with Crippen molar-refractivity contribution in [1.82, 2.24) is 14.8 Å². The molecule has 2 aromatic carbocycles. The molecule has 3 aromatic rings. The van der Waals surface area contributed by atoms with Gasteiger partial charge in [-0.3, -0.25) is 9.56 Å². The highest BCUT2D eigenvalue weighted by molar-refractivity contribution is 6.31. The normalized spacial score (nSPS) is 13.1. The average molecular weight is 315 g/mol. The van der Waals surface area contributed by atoms with E-state index in [1.54, 1.807) is 0 Å². The van der Waals surface area contributed by atoms with E-state index in [2.05, 4.69) is 22.3 Å². The Hall–Kier alpha value is -2.46. The Balaban J connectivity index is 2.01. The summed E-state index contributed by atoms with van der Waals surface area (Å²) in [5, 5.41) is 9.10. The predicted octanol–water partition coefficient (Wildman–Crippen LogP) is 3.58. The third-order valence-electron chi connectivity index (χ3n) is 3.77. The first-order chi connectivity index (χ1) is 10.7. The van der Waals surface area contributed by atoms with Gasteiger partial charge in [0.2, 0.25) is 0 Å². The highest BCUT2D eigenvalue weighted by Gasteiger charge is 2.21. The van der Waals surface area contributed by atoms with Crippen molar-refractivity contribution in [3.05, 3.63) is 76.3 Å². The summed E-state index contributed by atoms with van der Waals surface area (Å²) in [6, 6.07) is 16.0. The number of aromatic nitrogens is 3. The van der Waals surface area contributed by atoms with Crippen molar-refractivity contribution in [2.24, 2.45) is 4.99 Å². The fourth-order valence-electron chi connectivity index (χ4n) is 2.79. The number of aliphatic imine (C=N–C) groups is 1. The van der Waals surface area contributed by atoms with Crippen LogP contribution in [0.15, 0.2) is 53.5 Å². The van der Waals surface area contributed by atoms with Crippen LogP contribution in [0.2, 0.25) is 5.02 Å². The summed E-state index contributed by atoms with van der Waals surface area (Å²) in [4.78, 5) is 4.77. The van der Waals surface area contributed by atoms with Crippen LogP contribution < -0.4 is 0 Å². The van der Waals surface area contributed by atoms with Crippen LogP contribution in [0.25, 0.3) is 5.69 Å². The van der Waals surface area contributed by atoms with Crippen LogP contribution in [-0.2, 0) is 6.54 Å². The van der Waals surface area contributed by atoms with Crippen LogP contribution in [0.4, 0.5) is 0 Å². The van der Waals surface area contributed by atoms with E-state index in [9.17, 15) is 0 Å². The Labute approximate surface area is 133 Å². The van der Waals surface area contributed by atoms with E-state index in [1.807, 2.05) is 47.9 Å². The van der Waals surface area contributed by atoms with Crippen molar-refractivity contribution in [2.75, 3.05) is 0 Å². The lowest BCUT2D eigenvalue weighted by molar-refractivity contribution is 0.862. The van der Waals surface area contributed by atoms with E-state index in [-0.39, 0.29) is 0 Å². The number of nitrogens with zero attached hydrogens (tertiary/aromatic N) is 4. The van der Waals surface area contributed by atoms with Crippen molar-refractivity contribution >= 4 is 17.3 Å². The molecule has 2 heterocycles. The Kier molecular flexibility index (Phi) is 3.05. The molecule has 0 saturated heterocycles. The van der Waals surface area contributed by atoms with Crippen LogP contribution in [0.3, 0.4) is 0 Å². The number of fused-ring (bicyclic) bond motifs is 3. The summed E-state index contributed by atoms with van der Waals surface area (Å²) in [6.45, 7) is 2.44. The van der Waals surface area contributed by atoms with Crippen LogP contribution in [0.1, 0.15) is 22.8 Å². The number of hydrogen-bond acceptors (Lipinski definition) is 3. The maximum Gasteiger partial charge on any atom is 0.159 e. The fourth-order valence-corrected chi connectivity index (χ4v) is 2.96. The highest BCUT2D eigenvalue weighted by Crippen LogP contribution is 2.27. The van der Waals surface area contributed by atoms with Crippen LogP contribution in [-0.4, -0.2) is 20.5 Å². The lowest BCUT2D eigenvalue weighted by Gasteiger charge is -2.12. The predicted molar refractivity (Wildman–Crippen MR) is 86.9 cm³/mol. The minimum absolute atomic E-state index is 0.497. The largest absolute Gasteiger partial charge is 0.281 e. The summed E-state index contributed by atoms with van der Waals surface area (Å²) < 4.78 is 2.05. The van der Waals surface area contributed by atoms with E-state index in [4.69, 9.17) is 16.6 Å². The minimum Gasteiger partial charge on any atom is -0.281 e. The molecular formula is C17H13ClN4. The molecule has 4 rings (SSSR count). The lowest BCUT2D eigenvalue weighted by Crippen LogP contribution is -2.08. The molecule has 22 heavy (non-hydrogen) atoms. The SMILES string of the molecule is Cc1nnc2n1-[13c]1[13cH][13cH][13c](Cl)[13cH][13c]1C(c1ccccc1)=NC2. The molecule has 4 nitrogen and oxygen atoms in total. The van der Waals surface area contributed by atoms with Gasteiger partial charge in [0.05, 0.1) is 11.4 Å². The number of benzene rings is 2. The van der Waals surface area contributed by atoms with Crippen molar-refractivity contribution in [2.45, 2.75) is 13.5 Å². The summed E-state index contributed by atoms with van der Waals surface area (Å²) >= 11 is 6.23. The van der Waals surface area contributed by atoms with Gasteiger partial charge in [0.25, 0.3) is 0 Å². The highest BCUT2D eigenvalue weighted by atomic mass is 35.5. The van der Waals surface area contributed by atoms with E-state index in [1.165, 1.54) is 0 Å². The number of hydrogen-bond donors (Lipinski definition) is 0. The summed E-state index contributed by atoms with van der Waals surface area (Å²) in [7, 11) is 0. The van der Waals surface area contributed by atoms with E-state index >= 15 is 0 Å².